The summed E-state index contributed by atoms with van der Waals surface area (Å²) in [5.74, 6) is 0.856. The average molecular weight is 437 g/mol. The van der Waals surface area contributed by atoms with Crippen molar-refractivity contribution in [1.82, 2.24) is 15.5 Å². The van der Waals surface area contributed by atoms with Gasteiger partial charge in [-0.1, -0.05) is 30.3 Å². The van der Waals surface area contributed by atoms with Crippen LogP contribution in [0.25, 0.3) is 0 Å². The molecule has 1 heterocycles. The number of imide groups is 1. The zero-order valence-corrected chi connectivity index (χ0v) is 18.2. The van der Waals surface area contributed by atoms with Gasteiger partial charge in [-0.05, 0) is 48.1 Å². The van der Waals surface area contributed by atoms with Crippen LogP contribution in [0.4, 0.5) is 4.79 Å². The Morgan fingerprint density at radius 2 is 1.84 bits per heavy atom. The molecule has 2 unspecified atom stereocenters. The zero-order chi connectivity index (χ0) is 22.7. The summed E-state index contributed by atoms with van der Waals surface area (Å²) in [5, 5.41) is 5.75. The third-order valence-electron chi connectivity index (χ3n) is 6.01. The smallest absolute Gasteiger partial charge is 0.325 e. The highest BCUT2D eigenvalue weighted by atomic mass is 16.5. The number of hydrogen-bond donors (Lipinski definition) is 2. The molecule has 2 atom stereocenters. The molecule has 2 aromatic carbocycles. The average Bonchev–Trinajstić information content (AvgIpc) is 3.32. The van der Waals surface area contributed by atoms with Crippen molar-refractivity contribution in [2.45, 2.75) is 44.3 Å². The third-order valence-corrected chi connectivity index (χ3v) is 6.01. The van der Waals surface area contributed by atoms with Gasteiger partial charge in [-0.2, -0.15) is 0 Å². The summed E-state index contributed by atoms with van der Waals surface area (Å²) in [6.07, 6.45) is 2.04. The van der Waals surface area contributed by atoms with Crippen LogP contribution in [0.15, 0.2) is 42.5 Å². The lowest BCUT2D eigenvalue weighted by molar-refractivity contribution is -0.128. The van der Waals surface area contributed by atoms with Gasteiger partial charge in [0.2, 0.25) is 5.91 Å². The van der Waals surface area contributed by atoms with Crippen LogP contribution in [0.5, 0.6) is 11.5 Å². The number of fused-ring (bicyclic) bond motifs is 1. The monoisotopic (exact) mass is 437 g/mol. The van der Waals surface area contributed by atoms with E-state index < -0.39 is 12.1 Å². The van der Waals surface area contributed by atoms with Gasteiger partial charge in [0, 0.05) is 6.42 Å². The second kappa shape index (κ2) is 9.30. The number of rotatable bonds is 8. The number of methoxy groups -OCH3 is 2. The highest BCUT2D eigenvalue weighted by Crippen LogP contribution is 2.39. The van der Waals surface area contributed by atoms with Crippen LogP contribution >= 0.6 is 0 Å². The van der Waals surface area contributed by atoms with Gasteiger partial charge in [0.05, 0.1) is 26.8 Å². The molecule has 4 rings (SSSR count). The molecule has 0 radical (unpaired) electrons. The van der Waals surface area contributed by atoms with Gasteiger partial charge in [0.15, 0.2) is 11.5 Å². The summed E-state index contributed by atoms with van der Waals surface area (Å²) in [6, 6.07) is 12.0. The van der Waals surface area contributed by atoms with E-state index in [2.05, 4.69) is 10.6 Å². The van der Waals surface area contributed by atoms with Crippen molar-refractivity contribution in [3.63, 3.8) is 0 Å². The molecule has 0 aromatic heterocycles. The number of carbonyl (C=O) groups excluding carboxylic acids is 3. The van der Waals surface area contributed by atoms with Crippen LogP contribution in [0, 0.1) is 0 Å². The van der Waals surface area contributed by atoms with E-state index in [0.717, 1.165) is 29.5 Å². The maximum atomic E-state index is 12.7. The summed E-state index contributed by atoms with van der Waals surface area (Å²) in [6.45, 7) is 0.221. The maximum Gasteiger partial charge on any atom is 0.325 e. The molecule has 0 spiro atoms. The fraction of sp³-hybridized carbons (Fsp3) is 0.375. The summed E-state index contributed by atoms with van der Waals surface area (Å²) < 4.78 is 10.7. The van der Waals surface area contributed by atoms with E-state index in [1.165, 1.54) is 4.90 Å². The first-order chi connectivity index (χ1) is 15.5. The molecular weight excluding hydrogens is 410 g/mol. The summed E-state index contributed by atoms with van der Waals surface area (Å²) in [5.41, 5.74) is 3.03. The number of ether oxygens (including phenoxy) is 2. The first-order valence-corrected chi connectivity index (χ1v) is 10.7. The first-order valence-electron chi connectivity index (χ1n) is 10.7. The Bertz CT molecular complexity index is 1020. The lowest BCUT2D eigenvalue weighted by Gasteiger charge is -2.17. The number of nitrogens with one attached hydrogen (secondary N) is 2. The van der Waals surface area contributed by atoms with Gasteiger partial charge < -0.3 is 20.1 Å². The number of nitrogens with zero attached hydrogens (tertiary/aromatic N) is 1. The Labute approximate surface area is 186 Å². The topological polar surface area (TPSA) is 97.0 Å². The second-order valence-corrected chi connectivity index (χ2v) is 8.02. The summed E-state index contributed by atoms with van der Waals surface area (Å²) in [4.78, 5) is 38.7. The molecule has 2 aliphatic rings. The molecule has 8 nitrogen and oxygen atoms in total. The van der Waals surface area contributed by atoms with Crippen LogP contribution in [0.2, 0.25) is 0 Å². The third kappa shape index (κ3) is 4.39. The van der Waals surface area contributed by atoms with E-state index in [-0.39, 0.29) is 37.2 Å². The first kappa shape index (κ1) is 21.7. The SMILES string of the molecule is COc1cc2c(cc1OC)C(NC(=O)CCC1NC(=O)N(Cc3ccccc3)C1=O)CC2. The number of carbonyl (C=O) groups is 3. The van der Waals surface area contributed by atoms with Gasteiger partial charge in [0.25, 0.3) is 5.91 Å². The molecule has 168 valence electrons. The van der Waals surface area contributed by atoms with Crippen molar-refractivity contribution in [1.29, 1.82) is 0 Å². The second-order valence-electron chi connectivity index (χ2n) is 8.02. The number of hydrogen-bond acceptors (Lipinski definition) is 5. The van der Waals surface area contributed by atoms with Crippen LogP contribution in [-0.4, -0.2) is 43.0 Å². The molecule has 1 fully saturated rings. The molecular formula is C24H27N3O5. The molecule has 8 heteroatoms. The van der Waals surface area contributed by atoms with Crippen molar-refractivity contribution in [3.8, 4) is 11.5 Å². The van der Waals surface area contributed by atoms with Crippen molar-refractivity contribution >= 4 is 17.8 Å². The van der Waals surface area contributed by atoms with Crippen molar-refractivity contribution in [2.24, 2.45) is 0 Å². The van der Waals surface area contributed by atoms with Crippen molar-refractivity contribution < 1.29 is 23.9 Å². The van der Waals surface area contributed by atoms with E-state index in [9.17, 15) is 14.4 Å². The Balaban J connectivity index is 1.32. The summed E-state index contributed by atoms with van der Waals surface area (Å²) in [7, 11) is 3.18. The Hall–Kier alpha value is -3.55. The van der Waals surface area contributed by atoms with Crippen molar-refractivity contribution in [2.75, 3.05) is 14.2 Å². The number of amides is 4. The molecule has 32 heavy (non-hydrogen) atoms. The number of aryl methyl sites for hydroxylation is 1. The molecule has 0 bridgehead atoms. The minimum Gasteiger partial charge on any atom is -0.493 e. The molecule has 1 saturated heterocycles. The Kier molecular flexibility index (Phi) is 6.30. The Morgan fingerprint density at radius 1 is 1.12 bits per heavy atom. The van der Waals surface area contributed by atoms with Crippen LogP contribution in [0.1, 0.15) is 42.0 Å². The Morgan fingerprint density at radius 3 is 2.56 bits per heavy atom. The van der Waals surface area contributed by atoms with Crippen LogP contribution in [0.3, 0.4) is 0 Å². The normalized spacial score (nSPS) is 19.5. The van der Waals surface area contributed by atoms with Gasteiger partial charge >= 0.3 is 6.03 Å². The van der Waals surface area contributed by atoms with E-state index in [4.69, 9.17) is 9.47 Å². The van der Waals surface area contributed by atoms with E-state index in [1.807, 2.05) is 42.5 Å². The van der Waals surface area contributed by atoms with E-state index in [0.29, 0.717) is 11.5 Å². The lowest BCUT2D eigenvalue weighted by atomic mass is 10.1. The van der Waals surface area contributed by atoms with Gasteiger partial charge in [-0.25, -0.2) is 4.79 Å². The van der Waals surface area contributed by atoms with Gasteiger partial charge in [0.1, 0.15) is 6.04 Å². The van der Waals surface area contributed by atoms with E-state index >= 15 is 0 Å². The predicted molar refractivity (Wildman–Crippen MR) is 117 cm³/mol. The highest BCUT2D eigenvalue weighted by Gasteiger charge is 2.38. The molecule has 2 N–H and O–H groups in total. The molecule has 0 saturated carbocycles. The molecule has 1 aliphatic carbocycles. The van der Waals surface area contributed by atoms with Crippen LogP contribution < -0.4 is 20.1 Å². The van der Waals surface area contributed by atoms with E-state index in [1.54, 1.807) is 14.2 Å². The minimum atomic E-state index is -0.683. The number of benzene rings is 2. The molecule has 4 amide bonds. The zero-order valence-electron chi connectivity index (χ0n) is 18.2. The number of urea groups is 1. The molecule has 1 aliphatic heterocycles. The van der Waals surface area contributed by atoms with Crippen molar-refractivity contribution in [3.05, 3.63) is 59.2 Å². The minimum absolute atomic E-state index is 0.110. The highest BCUT2D eigenvalue weighted by molar-refractivity contribution is 6.04. The quantitative estimate of drug-likeness (QED) is 0.619. The van der Waals surface area contributed by atoms with Crippen LogP contribution in [-0.2, 0) is 22.6 Å². The summed E-state index contributed by atoms with van der Waals surface area (Å²) >= 11 is 0. The fourth-order valence-corrected chi connectivity index (χ4v) is 4.31. The fourth-order valence-electron chi connectivity index (χ4n) is 4.31. The predicted octanol–water partition coefficient (Wildman–Crippen LogP) is 2.71. The lowest BCUT2D eigenvalue weighted by Crippen LogP contribution is -2.33. The largest absolute Gasteiger partial charge is 0.493 e. The maximum absolute atomic E-state index is 12.7. The van der Waals surface area contributed by atoms with Gasteiger partial charge in [-0.15, -0.1) is 0 Å². The molecule has 2 aromatic rings. The van der Waals surface area contributed by atoms with Gasteiger partial charge in [-0.3, -0.25) is 14.5 Å². The standard InChI is InChI=1S/C24H27N3O5/c1-31-20-12-16-8-9-18(17(16)13-21(20)32-2)25-22(28)11-10-19-23(29)27(24(30)26-19)14-15-6-4-3-5-7-15/h3-7,12-13,18-19H,8-11,14H2,1-2H3,(H,25,28)(H,26,30).